The first-order chi connectivity index (χ1) is 21.2. The Balaban J connectivity index is 1.25. The third kappa shape index (κ3) is 3.72. The highest BCUT2D eigenvalue weighted by Gasteiger charge is 2.20. The molecule has 43 heavy (non-hydrogen) atoms. The number of aromatic nitrogens is 1. The highest BCUT2D eigenvalue weighted by atomic mass is 32.1. The van der Waals surface area contributed by atoms with Gasteiger partial charge in [-0.05, 0) is 95.3 Å². The summed E-state index contributed by atoms with van der Waals surface area (Å²) >= 11 is 1.88. The van der Waals surface area contributed by atoms with Gasteiger partial charge in [0.15, 0.2) is 0 Å². The summed E-state index contributed by atoms with van der Waals surface area (Å²) in [4.78, 5) is 0. The average molecular weight is 569 g/mol. The summed E-state index contributed by atoms with van der Waals surface area (Å²) in [5.74, 6) is 0. The number of fused-ring (bicyclic) bond motifs is 8. The molecule has 6 aromatic carbocycles. The number of hydrogen-bond donors (Lipinski definition) is 1. The number of thiophene rings is 1. The molecule has 2 nitrogen and oxygen atoms in total. The molecule has 0 unspecified atom stereocenters. The van der Waals surface area contributed by atoms with Crippen molar-refractivity contribution < 1.29 is 0 Å². The Morgan fingerprint density at radius 1 is 0.605 bits per heavy atom. The van der Waals surface area contributed by atoms with Crippen molar-refractivity contribution in [3.8, 4) is 27.9 Å². The van der Waals surface area contributed by atoms with E-state index in [1.807, 2.05) is 11.3 Å². The van der Waals surface area contributed by atoms with Crippen LogP contribution in [-0.2, 0) is 6.42 Å². The number of benzene rings is 6. The normalized spacial score (nSPS) is 12.9. The topological polar surface area (TPSA) is 30.9 Å². The monoisotopic (exact) mass is 568 g/mol. The zero-order valence-electron chi connectivity index (χ0n) is 23.5. The maximum absolute atomic E-state index is 6.77. The Labute approximate surface area is 253 Å². The molecule has 1 aliphatic rings. The van der Waals surface area contributed by atoms with Crippen molar-refractivity contribution in [2.24, 2.45) is 0 Å². The maximum Gasteiger partial charge on any atom is 0.0541 e. The van der Waals surface area contributed by atoms with Gasteiger partial charge in [-0.3, -0.25) is 0 Å². The van der Waals surface area contributed by atoms with E-state index in [9.17, 15) is 0 Å². The van der Waals surface area contributed by atoms with Gasteiger partial charge >= 0.3 is 0 Å². The Morgan fingerprint density at radius 3 is 2.26 bits per heavy atom. The zero-order valence-corrected chi connectivity index (χ0v) is 24.4. The highest BCUT2D eigenvalue weighted by molar-refractivity contribution is 7.25. The summed E-state index contributed by atoms with van der Waals surface area (Å²) in [5, 5.41) is 5.24. The Kier molecular flexibility index (Phi) is 5.38. The van der Waals surface area contributed by atoms with E-state index in [2.05, 4.69) is 138 Å². The molecular formula is C40H28N2S. The van der Waals surface area contributed by atoms with E-state index in [-0.39, 0.29) is 0 Å². The molecule has 0 atom stereocenters. The van der Waals surface area contributed by atoms with E-state index in [0.29, 0.717) is 0 Å². The molecule has 0 radical (unpaired) electrons. The van der Waals surface area contributed by atoms with E-state index in [1.54, 1.807) is 0 Å². The molecule has 204 valence electrons. The van der Waals surface area contributed by atoms with Crippen molar-refractivity contribution in [3.63, 3.8) is 0 Å². The van der Waals surface area contributed by atoms with Crippen LogP contribution < -0.4 is 5.73 Å². The Morgan fingerprint density at radius 2 is 1.35 bits per heavy atom. The fourth-order valence-corrected chi connectivity index (χ4v) is 8.22. The minimum absolute atomic E-state index is 0.822. The van der Waals surface area contributed by atoms with Gasteiger partial charge in [-0.1, -0.05) is 78.9 Å². The lowest BCUT2D eigenvalue weighted by atomic mass is 9.85. The molecule has 0 saturated carbocycles. The lowest BCUT2D eigenvalue weighted by Crippen LogP contribution is -2.00. The molecule has 2 N–H and O–H groups in total. The Hall–Kier alpha value is -5.12. The summed E-state index contributed by atoms with van der Waals surface area (Å²) in [7, 11) is 0. The van der Waals surface area contributed by atoms with Crippen LogP contribution in [0.15, 0.2) is 127 Å². The fourth-order valence-electron chi connectivity index (χ4n) is 7.06. The predicted octanol–water partition coefficient (Wildman–Crippen LogP) is 11.0. The molecule has 2 heterocycles. The number of anilines is 1. The van der Waals surface area contributed by atoms with Crippen LogP contribution in [0.25, 0.3) is 76.0 Å². The quantitative estimate of drug-likeness (QED) is 0.211. The molecular weight excluding hydrogens is 541 g/mol. The third-order valence-electron chi connectivity index (χ3n) is 9.03. The van der Waals surface area contributed by atoms with Crippen LogP contribution in [0.5, 0.6) is 0 Å². The van der Waals surface area contributed by atoms with Crippen LogP contribution in [0.2, 0.25) is 0 Å². The fraction of sp³-hybridized carbons (Fsp3) is 0.0500. The van der Waals surface area contributed by atoms with Crippen molar-refractivity contribution in [1.82, 2.24) is 4.57 Å². The van der Waals surface area contributed by atoms with E-state index in [1.165, 1.54) is 75.5 Å². The second kappa shape index (κ2) is 9.45. The van der Waals surface area contributed by atoms with Gasteiger partial charge in [0.1, 0.15) is 0 Å². The molecule has 1 aliphatic carbocycles. The van der Waals surface area contributed by atoms with E-state index < -0.39 is 0 Å². The van der Waals surface area contributed by atoms with Crippen LogP contribution in [-0.4, -0.2) is 4.57 Å². The number of para-hydroxylation sites is 2. The molecule has 9 rings (SSSR count). The third-order valence-corrected chi connectivity index (χ3v) is 10.1. The predicted molar refractivity (Wildman–Crippen MR) is 186 cm³/mol. The van der Waals surface area contributed by atoms with Crippen LogP contribution >= 0.6 is 11.3 Å². The number of nitrogen functional groups attached to an aromatic ring is 1. The minimum atomic E-state index is 0.822. The van der Waals surface area contributed by atoms with Crippen molar-refractivity contribution in [2.45, 2.75) is 12.8 Å². The summed E-state index contributed by atoms with van der Waals surface area (Å²) in [6.45, 7) is 0. The van der Waals surface area contributed by atoms with Crippen LogP contribution in [0.3, 0.4) is 0 Å². The van der Waals surface area contributed by atoms with Gasteiger partial charge in [-0.2, -0.15) is 0 Å². The summed E-state index contributed by atoms with van der Waals surface area (Å²) < 4.78 is 5.02. The van der Waals surface area contributed by atoms with Crippen molar-refractivity contribution in [1.29, 1.82) is 0 Å². The van der Waals surface area contributed by atoms with Crippen LogP contribution in [0.4, 0.5) is 5.69 Å². The second-order valence-electron chi connectivity index (χ2n) is 11.5. The van der Waals surface area contributed by atoms with Gasteiger partial charge < -0.3 is 10.3 Å². The van der Waals surface area contributed by atoms with E-state index in [4.69, 9.17) is 5.73 Å². The van der Waals surface area contributed by atoms with E-state index in [0.717, 1.165) is 24.1 Å². The summed E-state index contributed by atoms with van der Waals surface area (Å²) in [6.07, 6.45) is 6.73. The molecule has 2 aromatic heterocycles. The number of hydrogen-bond acceptors (Lipinski definition) is 2. The van der Waals surface area contributed by atoms with Gasteiger partial charge in [0.25, 0.3) is 0 Å². The molecule has 0 bridgehead atoms. The maximum atomic E-state index is 6.77. The van der Waals surface area contributed by atoms with Crippen LogP contribution in [0, 0.1) is 0 Å². The Bertz CT molecular complexity index is 2410. The first-order valence-electron chi connectivity index (χ1n) is 14.9. The van der Waals surface area contributed by atoms with Crippen molar-refractivity contribution >= 4 is 65.1 Å². The standard InChI is InChI=1S/C40H28N2S/c41-35-20-18-25(26-19-21-37-34(23-26)29-13-6-8-16-36(29)42(37)27-10-2-1-3-11-27)22-33(35)32-24-39-40(30-14-5-4-12-28(30)32)31-15-7-9-17-38(31)43-39/h1-3,5-11,13-24H,4,12,41H2. The molecule has 0 spiro atoms. The smallest absolute Gasteiger partial charge is 0.0541 e. The molecule has 3 heteroatoms. The van der Waals surface area contributed by atoms with Gasteiger partial charge in [0.05, 0.1) is 11.0 Å². The van der Waals surface area contributed by atoms with Crippen LogP contribution in [0.1, 0.15) is 17.5 Å². The summed E-state index contributed by atoms with van der Waals surface area (Å²) in [5.41, 5.74) is 18.7. The lowest BCUT2D eigenvalue weighted by molar-refractivity contribution is 0.992. The SMILES string of the molecule is Nc1ccc(-c2ccc3c(c2)c2ccccc2n3-c2ccccc2)cc1-c1cc2sc3ccccc3c2c2c1CCC=C2. The first kappa shape index (κ1) is 24.5. The zero-order chi connectivity index (χ0) is 28.5. The molecule has 8 aromatic rings. The van der Waals surface area contributed by atoms with Gasteiger partial charge in [0.2, 0.25) is 0 Å². The number of nitrogens with zero attached hydrogens (tertiary/aromatic N) is 1. The number of rotatable bonds is 3. The highest BCUT2D eigenvalue weighted by Crippen LogP contribution is 2.45. The van der Waals surface area contributed by atoms with Crippen molar-refractivity contribution in [3.05, 3.63) is 139 Å². The lowest BCUT2D eigenvalue weighted by Gasteiger charge is -2.19. The second-order valence-corrected chi connectivity index (χ2v) is 12.5. The van der Waals surface area contributed by atoms with E-state index >= 15 is 0 Å². The minimum Gasteiger partial charge on any atom is -0.398 e. The summed E-state index contributed by atoms with van der Waals surface area (Å²) in [6, 6.07) is 43.9. The van der Waals surface area contributed by atoms with Gasteiger partial charge in [0, 0.05) is 47.9 Å². The number of nitrogens with two attached hydrogens (primary N) is 1. The van der Waals surface area contributed by atoms with Gasteiger partial charge in [-0.25, -0.2) is 0 Å². The molecule has 0 fully saturated rings. The van der Waals surface area contributed by atoms with Gasteiger partial charge in [-0.15, -0.1) is 11.3 Å². The molecule has 0 amide bonds. The average Bonchev–Trinajstić information content (AvgIpc) is 3.60. The molecule has 0 aliphatic heterocycles. The largest absolute Gasteiger partial charge is 0.398 e. The first-order valence-corrected chi connectivity index (χ1v) is 15.7. The molecule has 0 saturated heterocycles. The number of allylic oxidation sites excluding steroid dienone is 1. The van der Waals surface area contributed by atoms with Crippen molar-refractivity contribution in [2.75, 3.05) is 5.73 Å².